The molecule has 0 aromatic heterocycles. The Bertz CT molecular complexity index is 1140. The van der Waals surface area contributed by atoms with E-state index >= 15 is 0 Å². The van der Waals surface area contributed by atoms with Crippen LogP contribution in [0.2, 0.25) is 10.0 Å². The summed E-state index contributed by atoms with van der Waals surface area (Å²) in [5, 5.41) is 19.0. The predicted molar refractivity (Wildman–Crippen MR) is 118 cm³/mol. The second-order valence-corrected chi connectivity index (χ2v) is 8.76. The number of nitrogens with zero attached hydrogens (tertiary/aromatic N) is 4. The fraction of sp³-hybridized carbons (Fsp3) is 0.273. The Morgan fingerprint density at radius 2 is 1.81 bits per heavy atom. The molecule has 0 bridgehead atoms. The molecule has 32 heavy (non-hydrogen) atoms. The van der Waals surface area contributed by atoms with Crippen molar-refractivity contribution in [1.29, 1.82) is 5.26 Å². The van der Waals surface area contributed by atoms with Gasteiger partial charge in [-0.2, -0.15) is 5.26 Å². The number of urea groups is 1. The summed E-state index contributed by atoms with van der Waals surface area (Å²) in [7, 11) is 1.54. The SMILES string of the molecule is CN1C(=O)N(c2cc(Cl)cc(Cl)c2)C(=O)[C@]12CN(CC(=O)O)C[C@@H]2c1ccc(C#N)cc1. The number of aliphatic carboxylic acids is 1. The van der Waals surface area contributed by atoms with Crippen LogP contribution >= 0.6 is 23.2 Å². The molecule has 2 aromatic carbocycles. The number of rotatable bonds is 4. The lowest BCUT2D eigenvalue weighted by Gasteiger charge is -2.34. The van der Waals surface area contributed by atoms with Crippen LogP contribution in [0.5, 0.6) is 0 Å². The average Bonchev–Trinajstić information content (AvgIpc) is 3.19. The summed E-state index contributed by atoms with van der Waals surface area (Å²) in [6.45, 7) is 0.0361. The minimum atomic E-state index is -1.32. The van der Waals surface area contributed by atoms with E-state index in [2.05, 4.69) is 6.07 Å². The first-order valence-corrected chi connectivity index (χ1v) is 10.5. The molecule has 2 atom stereocenters. The summed E-state index contributed by atoms with van der Waals surface area (Å²) in [5.74, 6) is -2.01. The third kappa shape index (κ3) is 3.48. The van der Waals surface area contributed by atoms with E-state index in [0.29, 0.717) is 5.56 Å². The number of carbonyl (C=O) groups is 3. The normalized spacial score (nSPS) is 23.2. The average molecular weight is 473 g/mol. The highest BCUT2D eigenvalue weighted by Gasteiger charge is 2.64. The molecule has 1 spiro atoms. The minimum Gasteiger partial charge on any atom is -0.480 e. The number of likely N-dealkylation sites (tertiary alicyclic amines) is 1. The van der Waals surface area contributed by atoms with Gasteiger partial charge in [-0.05, 0) is 35.9 Å². The largest absolute Gasteiger partial charge is 0.480 e. The lowest BCUT2D eigenvalue weighted by Crippen LogP contribution is -2.53. The lowest BCUT2D eigenvalue weighted by molar-refractivity contribution is -0.138. The van der Waals surface area contributed by atoms with Gasteiger partial charge in [0.25, 0.3) is 5.91 Å². The van der Waals surface area contributed by atoms with Gasteiger partial charge in [-0.3, -0.25) is 14.5 Å². The summed E-state index contributed by atoms with van der Waals surface area (Å²) in [5.41, 5.74) is 0.114. The van der Waals surface area contributed by atoms with Crippen LogP contribution in [0.3, 0.4) is 0 Å². The first-order valence-electron chi connectivity index (χ1n) is 9.70. The van der Waals surface area contributed by atoms with E-state index in [1.165, 1.54) is 30.1 Å². The Balaban J connectivity index is 1.82. The molecular formula is C22H18Cl2N4O4. The Morgan fingerprint density at radius 3 is 2.38 bits per heavy atom. The molecule has 2 aliphatic rings. The van der Waals surface area contributed by atoms with Crippen LogP contribution in [0.1, 0.15) is 17.0 Å². The quantitative estimate of drug-likeness (QED) is 0.684. The maximum absolute atomic E-state index is 13.9. The molecular weight excluding hydrogens is 455 g/mol. The van der Waals surface area contributed by atoms with Crippen LogP contribution < -0.4 is 4.90 Å². The summed E-state index contributed by atoms with van der Waals surface area (Å²) >= 11 is 12.2. The maximum atomic E-state index is 13.9. The van der Waals surface area contributed by atoms with Crippen LogP contribution in [-0.2, 0) is 9.59 Å². The van der Waals surface area contributed by atoms with Crippen molar-refractivity contribution in [1.82, 2.24) is 9.80 Å². The summed E-state index contributed by atoms with van der Waals surface area (Å²) in [6, 6.07) is 12.7. The van der Waals surface area contributed by atoms with Gasteiger partial charge in [-0.15, -0.1) is 0 Å². The van der Waals surface area contributed by atoms with E-state index in [4.69, 9.17) is 28.5 Å². The number of imide groups is 1. The van der Waals surface area contributed by atoms with Gasteiger partial charge < -0.3 is 10.0 Å². The molecule has 10 heteroatoms. The molecule has 4 rings (SSSR count). The number of amides is 3. The van der Waals surface area contributed by atoms with E-state index in [1.54, 1.807) is 29.2 Å². The van der Waals surface area contributed by atoms with Gasteiger partial charge in [0.05, 0.1) is 23.9 Å². The monoisotopic (exact) mass is 472 g/mol. The van der Waals surface area contributed by atoms with Gasteiger partial charge >= 0.3 is 12.0 Å². The zero-order valence-electron chi connectivity index (χ0n) is 17.0. The van der Waals surface area contributed by atoms with E-state index in [-0.39, 0.29) is 35.4 Å². The standard InChI is InChI=1S/C22H18Cl2N4O4/c1-26-21(32)28(17-7-15(23)6-16(24)8-17)20(31)22(26)12-27(11-19(29)30)10-18(22)14-4-2-13(9-25)3-5-14/h2-8,18H,10-12H2,1H3,(H,29,30)/t18-,22-/m1/s1. The third-order valence-electron chi connectivity index (χ3n) is 6.04. The van der Waals surface area contributed by atoms with Gasteiger partial charge in [0.2, 0.25) is 0 Å². The number of carboxylic acids is 1. The van der Waals surface area contributed by atoms with Crippen LogP contribution in [-0.4, -0.2) is 65.0 Å². The highest BCUT2D eigenvalue weighted by molar-refractivity contribution is 6.35. The molecule has 8 nitrogen and oxygen atoms in total. The maximum Gasteiger partial charge on any atom is 0.332 e. The first-order chi connectivity index (χ1) is 15.2. The minimum absolute atomic E-state index is 0.0514. The Hall–Kier alpha value is -3.12. The molecule has 2 saturated heterocycles. The Kier molecular flexibility index (Phi) is 5.59. The van der Waals surface area contributed by atoms with Crippen molar-refractivity contribution in [3.8, 4) is 6.07 Å². The van der Waals surface area contributed by atoms with E-state index < -0.39 is 29.4 Å². The molecule has 164 valence electrons. The van der Waals surface area contributed by atoms with Gasteiger partial charge in [-0.25, -0.2) is 9.69 Å². The lowest BCUT2D eigenvalue weighted by atomic mass is 9.80. The number of carbonyl (C=O) groups excluding carboxylic acids is 2. The molecule has 2 aromatic rings. The fourth-order valence-electron chi connectivity index (χ4n) is 4.60. The van der Waals surface area contributed by atoms with E-state index in [1.807, 2.05) is 0 Å². The Labute approximate surface area is 194 Å². The van der Waals surface area contributed by atoms with E-state index in [9.17, 15) is 19.5 Å². The number of benzene rings is 2. The second kappa shape index (κ2) is 8.10. The van der Waals surface area contributed by atoms with Crippen molar-refractivity contribution in [2.75, 3.05) is 31.6 Å². The number of nitriles is 1. The summed E-state index contributed by atoms with van der Waals surface area (Å²) in [6.07, 6.45) is 0. The molecule has 2 fully saturated rings. The van der Waals surface area contributed by atoms with Gasteiger partial charge in [0.1, 0.15) is 5.54 Å². The van der Waals surface area contributed by atoms with Crippen molar-refractivity contribution >= 4 is 46.8 Å². The molecule has 0 unspecified atom stereocenters. The first kappa shape index (κ1) is 22.1. The van der Waals surface area contributed by atoms with Crippen molar-refractivity contribution in [3.05, 3.63) is 63.6 Å². The zero-order chi connectivity index (χ0) is 23.2. The smallest absolute Gasteiger partial charge is 0.332 e. The number of halogens is 2. The molecule has 2 aliphatic heterocycles. The van der Waals surface area contributed by atoms with E-state index in [0.717, 1.165) is 10.5 Å². The number of hydrogen-bond donors (Lipinski definition) is 1. The van der Waals surface area contributed by atoms with Crippen LogP contribution in [0.15, 0.2) is 42.5 Å². The predicted octanol–water partition coefficient (Wildman–Crippen LogP) is 3.19. The number of anilines is 1. The van der Waals surface area contributed by atoms with Crippen LogP contribution in [0.4, 0.5) is 10.5 Å². The molecule has 1 N–H and O–H groups in total. The fourth-order valence-corrected chi connectivity index (χ4v) is 5.12. The summed E-state index contributed by atoms with van der Waals surface area (Å²) in [4.78, 5) is 42.6. The highest BCUT2D eigenvalue weighted by atomic mass is 35.5. The zero-order valence-corrected chi connectivity index (χ0v) is 18.5. The highest BCUT2D eigenvalue weighted by Crippen LogP contribution is 2.46. The molecule has 0 aliphatic carbocycles. The molecule has 3 amide bonds. The van der Waals surface area contributed by atoms with Crippen molar-refractivity contribution in [2.45, 2.75) is 11.5 Å². The van der Waals surface area contributed by atoms with Crippen LogP contribution in [0, 0.1) is 11.3 Å². The van der Waals surface area contributed by atoms with Gasteiger partial charge in [0, 0.05) is 36.1 Å². The molecule has 0 saturated carbocycles. The number of carboxylic acid groups (broad SMARTS) is 1. The summed E-state index contributed by atoms with van der Waals surface area (Å²) < 4.78 is 0. The topological polar surface area (TPSA) is 105 Å². The van der Waals surface area contributed by atoms with Crippen LogP contribution in [0.25, 0.3) is 0 Å². The van der Waals surface area contributed by atoms with Gasteiger partial charge in [0.15, 0.2) is 0 Å². The third-order valence-corrected chi connectivity index (χ3v) is 6.48. The van der Waals surface area contributed by atoms with Crippen molar-refractivity contribution in [3.63, 3.8) is 0 Å². The Morgan fingerprint density at radius 1 is 1.19 bits per heavy atom. The van der Waals surface area contributed by atoms with Gasteiger partial charge in [-0.1, -0.05) is 35.3 Å². The van der Waals surface area contributed by atoms with Crippen molar-refractivity contribution < 1.29 is 19.5 Å². The molecule has 2 heterocycles. The number of hydrogen-bond acceptors (Lipinski definition) is 5. The molecule has 0 radical (unpaired) electrons. The second-order valence-electron chi connectivity index (χ2n) is 7.88. The van der Waals surface area contributed by atoms with Crippen molar-refractivity contribution in [2.24, 2.45) is 0 Å². The number of likely N-dealkylation sites (N-methyl/N-ethyl adjacent to an activating group) is 1.